The first-order chi connectivity index (χ1) is 14.7. The van der Waals surface area contributed by atoms with Gasteiger partial charge in [-0.2, -0.15) is 0 Å². The highest BCUT2D eigenvalue weighted by atomic mass is 19.1. The molecule has 1 aromatic heterocycles. The molecule has 164 valence electrons. The number of aryl methyl sites for hydroxylation is 2. The number of nitrogens with zero attached hydrogens (tertiary/aromatic N) is 2. The summed E-state index contributed by atoms with van der Waals surface area (Å²) in [4.78, 5) is 41.1. The number of carbonyl (C=O) groups excluding carboxylic acids is 3. The monoisotopic (exact) mass is 429 g/mol. The molecule has 2 atom stereocenters. The van der Waals surface area contributed by atoms with Gasteiger partial charge in [0.25, 0.3) is 5.91 Å². The van der Waals surface area contributed by atoms with E-state index in [1.54, 1.807) is 43.9 Å². The number of urea groups is 1. The molecule has 1 aromatic carbocycles. The van der Waals surface area contributed by atoms with Crippen molar-refractivity contribution in [2.45, 2.75) is 32.4 Å². The van der Waals surface area contributed by atoms with Crippen LogP contribution in [0.3, 0.4) is 0 Å². The summed E-state index contributed by atoms with van der Waals surface area (Å²) in [5.41, 5.74) is 0.0363. The van der Waals surface area contributed by atoms with Gasteiger partial charge in [0.05, 0.1) is 13.2 Å². The molecule has 31 heavy (non-hydrogen) atoms. The van der Waals surface area contributed by atoms with Gasteiger partial charge in [-0.05, 0) is 44.5 Å². The SMILES string of the molecule is Cc1cc(C2(C)NC(=O)N(CC(=O)N3CCOC(c4ccc(F)cc4)C3)C2=O)c(C)o1. The smallest absolute Gasteiger partial charge is 0.325 e. The van der Waals surface area contributed by atoms with Crippen LogP contribution in [-0.4, -0.2) is 53.9 Å². The third-order valence-corrected chi connectivity index (χ3v) is 5.81. The van der Waals surface area contributed by atoms with Crippen LogP contribution in [0.15, 0.2) is 34.7 Å². The Morgan fingerprint density at radius 2 is 1.97 bits per heavy atom. The van der Waals surface area contributed by atoms with Crippen molar-refractivity contribution in [1.82, 2.24) is 15.1 Å². The molecule has 1 N–H and O–H groups in total. The molecule has 2 aliphatic heterocycles. The Balaban J connectivity index is 1.46. The molecule has 2 aliphatic rings. The average Bonchev–Trinajstić information content (AvgIpc) is 3.19. The minimum atomic E-state index is -1.29. The van der Waals surface area contributed by atoms with Gasteiger partial charge in [0, 0.05) is 12.1 Å². The summed E-state index contributed by atoms with van der Waals surface area (Å²) >= 11 is 0. The van der Waals surface area contributed by atoms with Crippen molar-refractivity contribution in [3.05, 3.63) is 58.8 Å². The fourth-order valence-electron chi connectivity index (χ4n) is 4.14. The van der Waals surface area contributed by atoms with Crippen molar-refractivity contribution in [3.8, 4) is 0 Å². The number of carbonyl (C=O) groups is 3. The van der Waals surface area contributed by atoms with Crippen LogP contribution in [0.2, 0.25) is 0 Å². The van der Waals surface area contributed by atoms with Gasteiger partial charge in [0.15, 0.2) is 0 Å². The van der Waals surface area contributed by atoms with Crippen LogP contribution in [-0.2, 0) is 19.9 Å². The molecule has 0 aliphatic carbocycles. The van der Waals surface area contributed by atoms with E-state index in [0.717, 1.165) is 10.5 Å². The van der Waals surface area contributed by atoms with Gasteiger partial charge in [-0.1, -0.05) is 12.1 Å². The molecule has 4 amide bonds. The third kappa shape index (κ3) is 3.81. The standard InChI is InChI=1S/C22H24FN3O5/c1-13-10-17(14(2)31-13)22(3)20(28)26(21(29)24-22)12-19(27)25-8-9-30-18(11-25)15-4-6-16(23)7-5-15/h4-7,10,18H,8-9,11-12H2,1-3H3,(H,24,29). The number of hydrogen-bond donors (Lipinski definition) is 1. The molecule has 8 nitrogen and oxygen atoms in total. The van der Waals surface area contributed by atoms with Crippen LogP contribution < -0.4 is 5.32 Å². The Morgan fingerprint density at radius 3 is 2.61 bits per heavy atom. The minimum Gasteiger partial charge on any atom is -0.466 e. The molecule has 0 spiro atoms. The molecule has 0 bridgehead atoms. The number of furan rings is 1. The van der Waals surface area contributed by atoms with E-state index in [2.05, 4.69) is 5.32 Å². The van der Waals surface area contributed by atoms with Gasteiger partial charge in [0.2, 0.25) is 5.91 Å². The zero-order valence-electron chi connectivity index (χ0n) is 17.6. The minimum absolute atomic E-state index is 0.255. The molecule has 0 saturated carbocycles. The van der Waals surface area contributed by atoms with Crippen LogP contribution in [0.4, 0.5) is 9.18 Å². The Kier molecular flexibility index (Phi) is 5.30. The Labute approximate surface area is 178 Å². The molecule has 2 unspecified atom stereocenters. The quantitative estimate of drug-likeness (QED) is 0.754. The molecule has 2 saturated heterocycles. The summed E-state index contributed by atoms with van der Waals surface area (Å²) in [6.07, 6.45) is -0.400. The lowest BCUT2D eigenvalue weighted by Gasteiger charge is -2.34. The Hall–Kier alpha value is -3.20. The van der Waals surface area contributed by atoms with Crippen molar-refractivity contribution in [3.63, 3.8) is 0 Å². The van der Waals surface area contributed by atoms with Crippen LogP contribution in [0.5, 0.6) is 0 Å². The van der Waals surface area contributed by atoms with Crippen molar-refractivity contribution in [1.29, 1.82) is 0 Å². The number of halogens is 1. The van der Waals surface area contributed by atoms with Gasteiger partial charge >= 0.3 is 6.03 Å². The second-order valence-electron chi connectivity index (χ2n) is 8.02. The summed E-state index contributed by atoms with van der Waals surface area (Å²) in [5, 5.41) is 2.70. The summed E-state index contributed by atoms with van der Waals surface area (Å²) in [6, 6.07) is 7.01. The molecule has 3 heterocycles. The van der Waals surface area contributed by atoms with Crippen LogP contribution in [0, 0.1) is 19.7 Å². The molecular weight excluding hydrogens is 405 g/mol. The summed E-state index contributed by atoms with van der Waals surface area (Å²) < 4.78 is 24.4. The first-order valence-corrected chi connectivity index (χ1v) is 10.1. The van der Waals surface area contributed by atoms with E-state index in [-0.39, 0.29) is 24.8 Å². The molecule has 0 radical (unpaired) electrons. The summed E-state index contributed by atoms with van der Waals surface area (Å²) in [5.74, 6) is -0.0406. The highest BCUT2D eigenvalue weighted by Gasteiger charge is 2.51. The van der Waals surface area contributed by atoms with Crippen LogP contribution in [0.25, 0.3) is 0 Å². The fourth-order valence-corrected chi connectivity index (χ4v) is 4.14. The zero-order valence-corrected chi connectivity index (χ0v) is 17.6. The maximum Gasteiger partial charge on any atom is 0.325 e. The largest absolute Gasteiger partial charge is 0.466 e. The normalized spacial score (nSPS) is 23.9. The third-order valence-electron chi connectivity index (χ3n) is 5.81. The van der Waals surface area contributed by atoms with Crippen molar-refractivity contribution < 1.29 is 27.9 Å². The summed E-state index contributed by atoms with van der Waals surface area (Å²) in [7, 11) is 0. The second kappa shape index (κ2) is 7.81. The number of imide groups is 1. The number of rotatable bonds is 4. The highest BCUT2D eigenvalue weighted by molar-refractivity contribution is 6.09. The van der Waals surface area contributed by atoms with E-state index in [4.69, 9.17) is 9.15 Å². The van der Waals surface area contributed by atoms with Crippen LogP contribution >= 0.6 is 0 Å². The number of morpholine rings is 1. The topological polar surface area (TPSA) is 92.1 Å². The molecule has 2 fully saturated rings. The lowest BCUT2D eigenvalue weighted by Crippen LogP contribution is -2.48. The molecule has 2 aromatic rings. The number of ether oxygens (including phenoxy) is 1. The van der Waals surface area contributed by atoms with Gasteiger partial charge < -0.3 is 19.4 Å². The van der Waals surface area contributed by atoms with E-state index in [1.807, 2.05) is 0 Å². The Bertz CT molecular complexity index is 1030. The molecule has 9 heteroatoms. The number of hydrogen-bond acceptors (Lipinski definition) is 5. The van der Waals surface area contributed by atoms with Crippen molar-refractivity contribution in [2.75, 3.05) is 26.2 Å². The fraction of sp³-hybridized carbons (Fsp3) is 0.409. The number of nitrogens with one attached hydrogen (secondary N) is 1. The molecular formula is C22H24FN3O5. The number of benzene rings is 1. The summed E-state index contributed by atoms with van der Waals surface area (Å²) in [6.45, 7) is 5.63. The van der Waals surface area contributed by atoms with Crippen molar-refractivity contribution >= 4 is 17.8 Å². The maximum absolute atomic E-state index is 13.2. The van der Waals surface area contributed by atoms with E-state index in [1.165, 1.54) is 12.1 Å². The Morgan fingerprint density at radius 1 is 1.26 bits per heavy atom. The van der Waals surface area contributed by atoms with Gasteiger partial charge in [-0.3, -0.25) is 14.5 Å². The second-order valence-corrected chi connectivity index (χ2v) is 8.02. The average molecular weight is 429 g/mol. The van der Waals surface area contributed by atoms with Crippen molar-refractivity contribution in [2.24, 2.45) is 0 Å². The first kappa shape index (κ1) is 21.0. The van der Waals surface area contributed by atoms with Gasteiger partial charge in [-0.15, -0.1) is 0 Å². The van der Waals surface area contributed by atoms with E-state index in [0.29, 0.717) is 30.2 Å². The van der Waals surface area contributed by atoms with E-state index in [9.17, 15) is 18.8 Å². The number of amides is 4. The van der Waals surface area contributed by atoms with Crippen LogP contribution in [0.1, 0.15) is 35.7 Å². The molecule has 4 rings (SSSR count). The van der Waals surface area contributed by atoms with Gasteiger partial charge in [0.1, 0.15) is 35.5 Å². The zero-order chi connectivity index (χ0) is 22.3. The predicted octanol–water partition coefficient (Wildman–Crippen LogP) is 2.40. The lowest BCUT2D eigenvalue weighted by atomic mass is 9.92. The highest BCUT2D eigenvalue weighted by Crippen LogP contribution is 2.33. The van der Waals surface area contributed by atoms with E-state index >= 15 is 0 Å². The van der Waals surface area contributed by atoms with E-state index < -0.39 is 23.6 Å². The predicted molar refractivity (Wildman–Crippen MR) is 107 cm³/mol. The first-order valence-electron chi connectivity index (χ1n) is 10.1. The lowest BCUT2D eigenvalue weighted by molar-refractivity contribution is -0.143. The van der Waals surface area contributed by atoms with Gasteiger partial charge in [-0.25, -0.2) is 9.18 Å². The maximum atomic E-state index is 13.2.